The molecule has 104 valence electrons. The van der Waals surface area contributed by atoms with Gasteiger partial charge in [0, 0.05) is 19.2 Å². The van der Waals surface area contributed by atoms with Crippen LogP contribution in [0.15, 0.2) is 34.7 Å². The number of hydrogen-bond acceptors (Lipinski definition) is 4. The third-order valence-electron chi connectivity index (χ3n) is 3.24. The molecule has 1 aliphatic rings. The van der Waals surface area contributed by atoms with Crippen molar-refractivity contribution in [3.63, 3.8) is 0 Å². The molecular formula is C13H18N2O3S. The fourth-order valence-electron chi connectivity index (χ4n) is 1.97. The minimum atomic E-state index is -3.48. The summed E-state index contributed by atoms with van der Waals surface area (Å²) in [6.45, 7) is 2.94. The van der Waals surface area contributed by atoms with E-state index in [1.54, 1.807) is 6.07 Å². The molecule has 5 nitrogen and oxygen atoms in total. The summed E-state index contributed by atoms with van der Waals surface area (Å²) < 4.78 is 31.5. The molecule has 0 fully saturated rings. The van der Waals surface area contributed by atoms with E-state index in [0.29, 0.717) is 24.5 Å². The van der Waals surface area contributed by atoms with Crippen LogP contribution < -0.4 is 10.5 Å². The van der Waals surface area contributed by atoms with Gasteiger partial charge >= 0.3 is 0 Å². The van der Waals surface area contributed by atoms with Crippen LogP contribution >= 0.6 is 0 Å². The number of methoxy groups -OCH3 is 1. The maximum Gasteiger partial charge on any atom is 0.243 e. The summed E-state index contributed by atoms with van der Waals surface area (Å²) in [7, 11) is -2.01. The van der Waals surface area contributed by atoms with Gasteiger partial charge in [-0.3, -0.25) is 0 Å². The van der Waals surface area contributed by atoms with Crippen LogP contribution in [0.3, 0.4) is 0 Å². The largest absolute Gasteiger partial charge is 0.495 e. The number of nitrogens with two attached hydrogens (primary N) is 1. The van der Waals surface area contributed by atoms with Crippen LogP contribution in [0.25, 0.3) is 0 Å². The molecule has 0 spiro atoms. The average Bonchev–Trinajstić information content (AvgIpc) is 2.39. The number of rotatable bonds is 3. The summed E-state index contributed by atoms with van der Waals surface area (Å²) in [6, 6.07) is 4.53. The Morgan fingerprint density at radius 2 is 2.11 bits per heavy atom. The van der Waals surface area contributed by atoms with Crippen molar-refractivity contribution in [2.45, 2.75) is 18.2 Å². The Bertz CT molecular complexity index is 608. The highest BCUT2D eigenvalue weighted by Crippen LogP contribution is 2.27. The van der Waals surface area contributed by atoms with E-state index in [4.69, 9.17) is 10.5 Å². The van der Waals surface area contributed by atoms with Crippen molar-refractivity contribution in [2.75, 3.05) is 25.9 Å². The van der Waals surface area contributed by atoms with E-state index in [0.717, 1.165) is 6.42 Å². The van der Waals surface area contributed by atoms with E-state index < -0.39 is 10.0 Å². The van der Waals surface area contributed by atoms with E-state index >= 15 is 0 Å². The van der Waals surface area contributed by atoms with Gasteiger partial charge in [-0.05, 0) is 25.5 Å². The highest BCUT2D eigenvalue weighted by Gasteiger charge is 2.26. The lowest BCUT2D eigenvalue weighted by molar-refractivity contribution is 0.413. The van der Waals surface area contributed by atoms with Crippen molar-refractivity contribution in [3.05, 3.63) is 29.8 Å². The average molecular weight is 282 g/mol. The lowest BCUT2D eigenvalue weighted by atomic mass is 10.1. The zero-order chi connectivity index (χ0) is 14.0. The molecule has 1 aromatic rings. The first-order valence-corrected chi connectivity index (χ1v) is 7.48. The zero-order valence-corrected chi connectivity index (χ0v) is 11.9. The molecule has 2 rings (SSSR count). The summed E-state index contributed by atoms with van der Waals surface area (Å²) >= 11 is 0. The fraction of sp³-hybridized carbons (Fsp3) is 0.385. The molecule has 1 aromatic carbocycles. The van der Waals surface area contributed by atoms with Crippen molar-refractivity contribution in [3.8, 4) is 5.75 Å². The predicted molar refractivity (Wildman–Crippen MR) is 74.5 cm³/mol. The molecule has 19 heavy (non-hydrogen) atoms. The summed E-state index contributed by atoms with van der Waals surface area (Å²) in [5, 5.41) is 0. The molecule has 6 heteroatoms. The van der Waals surface area contributed by atoms with Crippen LogP contribution in [0.1, 0.15) is 13.3 Å². The van der Waals surface area contributed by atoms with Crippen LogP contribution in [0.2, 0.25) is 0 Å². The van der Waals surface area contributed by atoms with Crippen molar-refractivity contribution < 1.29 is 13.2 Å². The van der Waals surface area contributed by atoms with Gasteiger partial charge in [0.2, 0.25) is 10.0 Å². The quantitative estimate of drug-likeness (QED) is 0.675. The topological polar surface area (TPSA) is 72.6 Å². The van der Waals surface area contributed by atoms with E-state index in [1.807, 2.05) is 13.0 Å². The van der Waals surface area contributed by atoms with Crippen molar-refractivity contribution in [1.82, 2.24) is 4.31 Å². The summed E-state index contributed by atoms with van der Waals surface area (Å²) in [4.78, 5) is 0.214. The van der Waals surface area contributed by atoms with E-state index in [1.165, 1.54) is 29.1 Å². The van der Waals surface area contributed by atoms with Gasteiger partial charge in [-0.15, -0.1) is 0 Å². The SMILES string of the molecule is COc1cc(S(=O)(=O)N2CC=C(C)CC2)ccc1N. The lowest BCUT2D eigenvalue weighted by Gasteiger charge is -2.25. The van der Waals surface area contributed by atoms with Gasteiger partial charge in [-0.25, -0.2) is 8.42 Å². The Kier molecular flexibility index (Phi) is 3.82. The second kappa shape index (κ2) is 5.22. The number of sulfonamides is 1. The number of nitrogen functional groups attached to an aromatic ring is 1. The van der Waals surface area contributed by atoms with Gasteiger partial charge in [0.25, 0.3) is 0 Å². The molecule has 2 N–H and O–H groups in total. The predicted octanol–water partition coefficient (Wildman–Crippen LogP) is 1.62. The molecule has 1 aliphatic heterocycles. The molecule has 0 saturated carbocycles. The van der Waals surface area contributed by atoms with Crippen LogP contribution in [0, 0.1) is 0 Å². The summed E-state index contributed by atoms with van der Waals surface area (Å²) in [6.07, 6.45) is 2.71. The van der Waals surface area contributed by atoms with Crippen LogP contribution in [0.4, 0.5) is 5.69 Å². The second-order valence-corrected chi connectivity index (χ2v) is 6.51. The van der Waals surface area contributed by atoms with Gasteiger partial charge in [-0.2, -0.15) is 4.31 Å². The highest BCUT2D eigenvalue weighted by atomic mass is 32.2. The molecule has 0 unspecified atom stereocenters. The van der Waals surface area contributed by atoms with Crippen molar-refractivity contribution in [2.24, 2.45) is 0 Å². The molecule has 0 aromatic heterocycles. The first-order chi connectivity index (χ1) is 8.95. The van der Waals surface area contributed by atoms with Gasteiger partial charge in [0.15, 0.2) is 0 Å². The smallest absolute Gasteiger partial charge is 0.243 e. The number of benzene rings is 1. The molecule has 0 saturated heterocycles. The number of nitrogens with zero attached hydrogens (tertiary/aromatic N) is 1. The monoisotopic (exact) mass is 282 g/mol. The minimum Gasteiger partial charge on any atom is -0.495 e. The third kappa shape index (κ3) is 2.74. The zero-order valence-electron chi connectivity index (χ0n) is 11.1. The molecule has 0 aliphatic carbocycles. The minimum absolute atomic E-state index is 0.214. The molecule has 0 bridgehead atoms. The van der Waals surface area contributed by atoms with E-state index in [9.17, 15) is 8.42 Å². The Hall–Kier alpha value is -1.53. The Balaban J connectivity index is 2.35. The summed E-state index contributed by atoms with van der Waals surface area (Å²) in [5.41, 5.74) is 7.35. The molecule has 0 atom stereocenters. The van der Waals surface area contributed by atoms with Gasteiger partial charge < -0.3 is 10.5 Å². The van der Waals surface area contributed by atoms with Gasteiger partial charge in [-0.1, -0.05) is 11.6 Å². The molecular weight excluding hydrogens is 264 g/mol. The van der Waals surface area contributed by atoms with E-state index in [-0.39, 0.29) is 4.90 Å². The molecule has 0 amide bonds. The fourth-order valence-corrected chi connectivity index (χ4v) is 3.37. The first kappa shape index (κ1) is 13.9. The second-order valence-electron chi connectivity index (χ2n) is 4.57. The van der Waals surface area contributed by atoms with Crippen LogP contribution in [-0.4, -0.2) is 32.9 Å². The number of ether oxygens (including phenoxy) is 1. The Morgan fingerprint density at radius 3 is 2.68 bits per heavy atom. The first-order valence-electron chi connectivity index (χ1n) is 6.04. The third-order valence-corrected chi connectivity index (χ3v) is 5.10. The standard InChI is InChI=1S/C13H18N2O3S/c1-10-5-7-15(8-6-10)19(16,17)11-3-4-12(14)13(9-11)18-2/h3-5,9H,6-8,14H2,1-2H3. The maximum atomic E-state index is 12.5. The lowest BCUT2D eigenvalue weighted by Crippen LogP contribution is -2.34. The van der Waals surface area contributed by atoms with Gasteiger partial charge in [0.1, 0.15) is 5.75 Å². The highest BCUT2D eigenvalue weighted by molar-refractivity contribution is 7.89. The Morgan fingerprint density at radius 1 is 1.37 bits per heavy atom. The molecule has 0 radical (unpaired) electrons. The normalized spacial score (nSPS) is 17.1. The van der Waals surface area contributed by atoms with Crippen LogP contribution in [-0.2, 0) is 10.0 Å². The van der Waals surface area contributed by atoms with Crippen molar-refractivity contribution in [1.29, 1.82) is 0 Å². The molecule has 1 heterocycles. The van der Waals surface area contributed by atoms with Gasteiger partial charge in [0.05, 0.1) is 17.7 Å². The van der Waals surface area contributed by atoms with Crippen molar-refractivity contribution >= 4 is 15.7 Å². The number of anilines is 1. The maximum absolute atomic E-state index is 12.5. The summed E-state index contributed by atoms with van der Waals surface area (Å²) in [5.74, 6) is 0.379. The number of hydrogen-bond donors (Lipinski definition) is 1. The van der Waals surface area contributed by atoms with Crippen LogP contribution in [0.5, 0.6) is 5.75 Å². The van der Waals surface area contributed by atoms with E-state index in [2.05, 4.69) is 0 Å². The Labute approximate surface area is 113 Å².